The second-order valence-electron chi connectivity index (χ2n) is 4.78. The normalized spacial score (nSPS) is 16.7. The Labute approximate surface area is 117 Å². The number of halogens is 1. The summed E-state index contributed by atoms with van der Waals surface area (Å²) in [6.45, 7) is 0. The third kappa shape index (κ3) is 3.96. The summed E-state index contributed by atoms with van der Waals surface area (Å²) >= 11 is 5.71. The van der Waals surface area contributed by atoms with Gasteiger partial charge in [-0.1, -0.05) is 30.9 Å². The van der Waals surface area contributed by atoms with Crippen molar-refractivity contribution in [2.24, 2.45) is 11.0 Å². The van der Waals surface area contributed by atoms with Gasteiger partial charge in [-0.3, -0.25) is 4.79 Å². The van der Waals surface area contributed by atoms with Crippen molar-refractivity contribution in [3.05, 3.63) is 28.8 Å². The Morgan fingerprint density at radius 3 is 2.79 bits per heavy atom. The summed E-state index contributed by atoms with van der Waals surface area (Å²) < 4.78 is 0. The minimum absolute atomic E-state index is 0.141. The molecule has 102 valence electrons. The molecular formula is C14H17ClN2O2. The molecule has 0 radical (unpaired) electrons. The first-order chi connectivity index (χ1) is 9.16. The lowest BCUT2D eigenvalue weighted by atomic mass is 9.90. The molecular weight excluding hydrogens is 264 g/mol. The van der Waals surface area contributed by atoms with Crippen LogP contribution in [0.5, 0.6) is 5.75 Å². The van der Waals surface area contributed by atoms with Crippen molar-refractivity contribution in [1.82, 2.24) is 5.43 Å². The maximum Gasteiger partial charge on any atom is 0.275 e. The highest BCUT2D eigenvalue weighted by Crippen LogP contribution is 2.22. The molecule has 1 aromatic carbocycles. The predicted octanol–water partition coefficient (Wildman–Crippen LogP) is 3.34. The number of rotatable bonds is 3. The van der Waals surface area contributed by atoms with Gasteiger partial charge in [-0.15, -0.1) is 0 Å². The quantitative estimate of drug-likeness (QED) is 0.659. The SMILES string of the molecule is O=C(N/N=C\C1CCCCC1)c1ccc(Cl)cc1O. The molecule has 0 unspecified atom stereocenters. The highest BCUT2D eigenvalue weighted by molar-refractivity contribution is 6.30. The van der Waals surface area contributed by atoms with Crippen LogP contribution in [-0.4, -0.2) is 17.2 Å². The largest absolute Gasteiger partial charge is 0.507 e. The summed E-state index contributed by atoms with van der Waals surface area (Å²) in [5.74, 6) is -0.119. The Balaban J connectivity index is 1.91. The fourth-order valence-electron chi connectivity index (χ4n) is 2.24. The zero-order valence-electron chi connectivity index (χ0n) is 10.6. The summed E-state index contributed by atoms with van der Waals surface area (Å²) in [5.41, 5.74) is 2.61. The smallest absolute Gasteiger partial charge is 0.275 e. The number of hydrogen-bond donors (Lipinski definition) is 2. The van der Waals surface area contributed by atoms with Crippen LogP contribution in [-0.2, 0) is 0 Å². The molecule has 1 aliphatic carbocycles. The second kappa shape index (κ2) is 6.57. The van der Waals surface area contributed by atoms with E-state index in [1.54, 1.807) is 12.3 Å². The summed E-state index contributed by atoms with van der Waals surface area (Å²) in [5, 5.41) is 14.0. The van der Waals surface area contributed by atoms with Gasteiger partial charge in [-0.25, -0.2) is 5.43 Å². The van der Waals surface area contributed by atoms with E-state index in [-0.39, 0.29) is 11.3 Å². The predicted molar refractivity (Wildman–Crippen MR) is 75.7 cm³/mol. The van der Waals surface area contributed by atoms with Crippen LogP contribution in [0.15, 0.2) is 23.3 Å². The van der Waals surface area contributed by atoms with Gasteiger partial charge in [0.2, 0.25) is 0 Å². The van der Waals surface area contributed by atoms with Crippen molar-refractivity contribution in [1.29, 1.82) is 0 Å². The van der Waals surface area contributed by atoms with E-state index in [1.165, 1.54) is 31.4 Å². The molecule has 1 aromatic rings. The van der Waals surface area contributed by atoms with Crippen LogP contribution in [0.25, 0.3) is 0 Å². The highest BCUT2D eigenvalue weighted by Gasteiger charge is 2.12. The molecule has 0 heterocycles. The topological polar surface area (TPSA) is 61.7 Å². The number of carbonyl (C=O) groups is 1. The van der Waals surface area contributed by atoms with Crippen molar-refractivity contribution in [3.8, 4) is 5.75 Å². The molecule has 0 aromatic heterocycles. The highest BCUT2D eigenvalue weighted by atomic mass is 35.5. The van der Waals surface area contributed by atoms with Crippen molar-refractivity contribution < 1.29 is 9.90 Å². The first kappa shape index (κ1) is 13.9. The van der Waals surface area contributed by atoms with E-state index in [4.69, 9.17) is 11.6 Å². The molecule has 0 spiro atoms. The Bertz CT molecular complexity index is 482. The average Bonchev–Trinajstić information content (AvgIpc) is 2.39. The molecule has 1 aliphatic rings. The zero-order valence-corrected chi connectivity index (χ0v) is 11.4. The van der Waals surface area contributed by atoms with Gasteiger partial charge >= 0.3 is 0 Å². The number of carbonyl (C=O) groups excluding carboxylic acids is 1. The maximum absolute atomic E-state index is 11.8. The average molecular weight is 281 g/mol. The number of amides is 1. The van der Waals surface area contributed by atoms with E-state index in [0.717, 1.165) is 12.8 Å². The van der Waals surface area contributed by atoms with Crippen LogP contribution >= 0.6 is 11.6 Å². The van der Waals surface area contributed by atoms with Gasteiger partial charge in [0.25, 0.3) is 5.91 Å². The van der Waals surface area contributed by atoms with Crippen molar-refractivity contribution in [2.75, 3.05) is 0 Å². The van der Waals surface area contributed by atoms with E-state index >= 15 is 0 Å². The molecule has 1 saturated carbocycles. The third-order valence-corrected chi connectivity index (χ3v) is 3.54. The third-order valence-electron chi connectivity index (χ3n) is 3.31. The van der Waals surface area contributed by atoms with Gasteiger partial charge in [0.15, 0.2) is 0 Å². The lowest BCUT2D eigenvalue weighted by Gasteiger charge is -2.16. The molecule has 1 fully saturated rings. The first-order valence-electron chi connectivity index (χ1n) is 6.49. The number of hydrogen-bond acceptors (Lipinski definition) is 3. The fourth-order valence-corrected chi connectivity index (χ4v) is 2.41. The van der Waals surface area contributed by atoms with Gasteiger partial charge < -0.3 is 5.11 Å². The lowest BCUT2D eigenvalue weighted by Crippen LogP contribution is -2.19. The van der Waals surface area contributed by atoms with Crippen LogP contribution in [0, 0.1) is 5.92 Å². The number of aromatic hydroxyl groups is 1. The standard InChI is InChI=1S/C14H17ClN2O2/c15-11-6-7-12(13(18)8-11)14(19)17-16-9-10-4-2-1-3-5-10/h6-10,18H,1-5H2,(H,17,19)/b16-9-. The molecule has 5 heteroatoms. The van der Waals surface area contributed by atoms with Crippen LogP contribution in [0.2, 0.25) is 5.02 Å². The van der Waals surface area contributed by atoms with Crippen LogP contribution in [0.1, 0.15) is 42.5 Å². The molecule has 19 heavy (non-hydrogen) atoms. The summed E-state index contributed by atoms with van der Waals surface area (Å²) in [6.07, 6.45) is 7.79. The maximum atomic E-state index is 11.8. The Morgan fingerprint density at radius 1 is 1.37 bits per heavy atom. The van der Waals surface area contributed by atoms with Gasteiger partial charge in [0.1, 0.15) is 5.75 Å². The first-order valence-corrected chi connectivity index (χ1v) is 6.86. The molecule has 2 N–H and O–H groups in total. The van der Waals surface area contributed by atoms with E-state index < -0.39 is 5.91 Å². The summed E-state index contributed by atoms with van der Waals surface area (Å²) in [7, 11) is 0. The molecule has 0 saturated heterocycles. The zero-order chi connectivity index (χ0) is 13.7. The van der Waals surface area contributed by atoms with Crippen LogP contribution < -0.4 is 5.43 Å². The summed E-state index contributed by atoms with van der Waals surface area (Å²) in [6, 6.07) is 4.37. The monoisotopic (exact) mass is 280 g/mol. The molecule has 2 rings (SSSR count). The van der Waals surface area contributed by atoms with Crippen molar-refractivity contribution in [2.45, 2.75) is 32.1 Å². The van der Waals surface area contributed by atoms with Gasteiger partial charge in [0.05, 0.1) is 5.56 Å². The van der Waals surface area contributed by atoms with E-state index in [9.17, 15) is 9.90 Å². The van der Waals surface area contributed by atoms with Gasteiger partial charge in [-0.05, 0) is 37.0 Å². The summed E-state index contributed by atoms with van der Waals surface area (Å²) in [4.78, 5) is 11.8. The Hall–Kier alpha value is -1.55. The number of benzene rings is 1. The van der Waals surface area contributed by atoms with E-state index in [0.29, 0.717) is 10.9 Å². The minimum atomic E-state index is -0.429. The van der Waals surface area contributed by atoms with Crippen LogP contribution in [0.3, 0.4) is 0 Å². The molecule has 0 bridgehead atoms. The van der Waals surface area contributed by atoms with Crippen molar-refractivity contribution in [3.63, 3.8) is 0 Å². The minimum Gasteiger partial charge on any atom is -0.507 e. The Morgan fingerprint density at radius 2 is 2.11 bits per heavy atom. The second-order valence-corrected chi connectivity index (χ2v) is 5.22. The van der Waals surface area contributed by atoms with Crippen molar-refractivity contribution >= 4 is 23.7 Å². The van der Waals surface area contributed by atoms with E-state index in [2.05, 4.69) is 10.5 Å². The molecule has 4 nitrogen and oxygen atoms in total. The number of nitrogens with zero attached hydrogens (tertiary/aromatic N) is 1. The van der Waals surface area contributed by atoms with Gasteiger partial charge in [0, 0.05) is 11.2 Å². The number of nitrogens with one attached hydrogen (secondary N) is 1. The number of hydrazone groups is 1. The van der Waals surface area contributed by atoms with Gasteiger partial charge in [-0.2, -0.15) is 5.10 Å². The van der Waals surface area contributed by atoms with Crippen LogP contribution in [0.4, 0.5) is 0 Å². The molecule has 1 amide bonds. The fraction of sp³-hybridized carbons (Fsp3) is 0.429. The lowest BCUT2D eigenvalue weighted by molar-refractivity contribution is 0.0952. The molecule has 0 atom stereocenters. The number of phenolic OH excluding ortho intramolecular Hbond substituents is 1. The Kier molecular flexibility index (Phi) is 4.80. The van der Waals surface area contributed by atoms with E-state index in [1.807, 2.05) is 0 Å². The number of phenols is 1. The molecule has 0 aliphatic heterocycles.